The molecule has 2 aromatic heterocycles. The van der Waals surface area contributed by atoms with E-state index in [9.17, 15) is 4.79 Å². The molecule has 1 N–H and O–H groups in total. The number of hydrogen-bond acceptors (Lipinski definition) is 6. The molecule has 0 spiro atoms. The first-order chi connectivity index (χ1) is 15.5. The van der Waals surface area contributed by atoms with Crippen LogP contribution in [0.2, 0.25) is 0 Å². The highest BCUT2D eigenvalue weighted by Gasteiger charge is 2.19. The first-order valence-electron chi connectivity index (χ1n) is 11.0. The number of thiazole rings is 1. The van der Waals surface area contributed by atoms with Crippen molar-refractivity contribution in [3.63, 3.8) is 0 Å². The van der Waals surface area contributed by atoms with Gasteiger partial charge in [0.1, 0.15) is 9.88 Å². The highest BCUT2D eigenvalue weighted by molar-refractivity contribution is 7.17. The van der Waals surface area contributed by atoms with Gasteiger partial charge in [-0.25, -0.2) is 4.98 Å². The molecular formula is C24H31N3O4S. The van der Waals surface area contributed by atoms with Crippen molar-refractivity contribution in [1.82, 2.24) is 14.9 Å². The Balaban J connectivity index is 1.80. The lowest BCUT2D eigenvalue weighted by atomic mass is 10.1. The summed E-state index contributed by atoms with van der Waals surface area (Å²) < 4.78 is 19.4. The number of carbonyl (C=O) groups excluding carboxylic acids is 1. The van der Waals surface area contributed by atoms with E-state index in [4.69, 9.17) is 14.2 Å². The highest BCUT2D eigenvalue weighted by Crippen LogP contribution is 2.39. The van der Waals surface area contributed by atoms with Gasteiger partial charge < -0.3 is 24.1 Å². The Kier molecular flexibility index (Phi) is 8.16. The highest BCUT2D eigenvalue weighted by atomic mass is 32.1. The third-order valence-corrected chi connectivity index (χ3v) is 5.99. The number of aromatic nitrogens is 2. The van der Waals surface area contributed by atoms with Crippen LogP contribution in [0.25, 0.3) is 10.7 Å². The topological polar surface area (TPSA) is 74.6 Å². The number of amides is 1. The van der Waals surface area contributed by atoms with E-state index in [2.05, 4.69) is 21.8 Å². The second-order valence-corrected chi connectivity index (χ2v) is 8.01. The van der Waals surface area contributed by atoms with Crippen molar-refractivity contribution < 1.29 is 19.0 Å². The molecule has 0 aliphatic rings. The summed E-state index contributed by atoms with van der Waals surface area (Å²) in [5, 5.41) is 3.85. The average molecular weight is 458 g/mol. The molecule has 0 unspecified atom stereocenters. The van der Waals surface area contributed by atoms with Crippen molar-refractivity contribution in [2.45, 2.75) is 47.7 Å². The minimum atomic E-state index is -0.148. The van der Waals surface area contributed by atoms with Gasteiger partial charge >= 0.3 is 0 Å². The van der Waals surface area contributed by atoms with Crippen LogP contribution in [0.4, 0.5) is 0 Å². The molecule has 0 saturated carbocycles. The number of aryl methyl sites for hydroxylation is 2. The van der Waals surface area contributed by atoms with Crippen LogP contribution in [-0.2, 0) is 13.1 Å². The summed E-state index contributed by atoms with van der Waals surface area (Å²) in [5.74, 6) is 1.67. The normalized spacial score (nSPS) is 10.8. The maximum absolute atomic E-state index is 12.9. The van der Waals surface area contributed by atoms with E-state index in [0.29, 0.717) is 48.5 Å². The van der Waals surface area contributed by atoms with E-state index in [1.807, 2.05) is 58.2 Å². The maximum Gasteiger partial charge on any atom is 0.263 e. The predicted molar refractivity (Wildman–Crippen MR) is 127 cm³/mol. The fourth-order valence-corrected chi connectivity index (χ4v) is 4.43. The monoisotopic (exact) mass is 457 g/mol. The van der Waals surface area contributed by atoms with Crippen LogP contribution >= 0.6 is 11.3 Å². The van der Waals surface area contributed by atoms with Gasteiger partial charge in [-0.15, -0.1) is 11.3 Å². The zero-order valence-corrected chi connectivity index (χ0v) is 20.2. The zero-order chi connectivity index (χ0) is 23.1. The molecule has 0 radical (unpaired) electrons. The van der Waals surface area contributed by atoms with Crippen molar-refractivity contribution in [3.05, 3.63) is 46.6 Å². The lowest BCUT2D eigenvalue weighted by Crippen LogP contribution is -2.22. The van der Waals surface area contributed by atoms with Crippen molar-refractivity contribution in [1.29, 1.82) is 0 Å². The van der Waals surface area contributed by atoms with Gasteiger partial charge in [-0.3, -0.25) is 4.79 Å². The van der Waals surface area contributed by atoms with Crippen LogP contribution in [0.3, 0.4) is 0 Å². The molecule has 7 nitrogen and oxygen atoms in total. The summed E-state index contributed by atoms with van der Waals surface area (Å²) in [6, 6.07) is 7.79. The number of nitrogens with one attached hydrogen (secondary N) is 1. The van der Waals surface area contributed by atoms with Crippen molar-refractivity contribution in [2.75, 3.05) is 19.8 Å². The summed E-state index contributed by atoms with van der Waals surface area (Å²) in [6.07, 6.45) is 2.02. The summed E-state index contributed by atoms with van der Waals surface area (Å²) >= 11 is 1.41. The second kappa shape index (κ2) is 11.0. The predicted octanol–water partition coefficient (Wildman–Crippen LogP) is 5.07. The Morgan fingerprint density at radius 1 is 1.06 bits per heavy atom. The summed E-state index contributed by atoms with van der Waals surface area (Å²) in [6.45, 7) is 12.4. The summed E-state index contributed by atoms with van der Waals surface area (Å²) in [7, 11) is 0. The Hall–Kier alpha value is -3.00. The lowest BCUT2D eigenvalue weighted by molar-refractivity contribution is 0.0954. The molecular weight excluding hydrogens is 426 g/mol. The van der Waals surface area contributed by atoms with Crippen LogP contribution in [0.15, 0.2) is 30.5 Å². The molecule has 172 valence electrons. The molecule has 1 aromatic carbocycles. The number of ether oxygens (including phenoxy) is 3. The maximum atomic E-state index is 12.9. The Morgan fingerprint density at radius 2 is 1.72 bits per heavy atom. The molecule has 0 fully saturated rings. The Bertz CT molecular complexity index is 1030. The number of benzene rings is 1. The Labute approximate surface area is 193 Å². The molecule has 0 atom stereocenters. The standard InChI is InChI=1S/C24H31N3O4S/c1-6-27-12-10-11-18(27)24-26-16(5)22(32-24)23(28)25-15-17-13-19(29-7-2)21(31-9-4)20(14-17)30-8-3/h10-14H,6-9,15H2,1-5H3,(H,25,28). The molecule has 1 amide bonds. The molecule has 8 heteroatoms. The summed E-state index contributed by atoms with van der Waals surface area (Å²) in [4.78, 5) is 18.2. The largest absolute Gasteiger partial charge is 0.490 e. The zero-order valence-electron chi connectivity index (χ0n) is 19.4. The molecule has 32 heavy (non-hydrogen) atoms. The third kappa shape index (κ3) is 5.24. The van der Waals surface area contributed by atoms with Gasteiger partial charge in [0.25, 0.3) is 5.91 Å². The third-order valence-electron chi connectivity index (χ3n) is 4.81. The van der Waals surface area contributed by atoms with Gasteiger partial charge in [-0.1, -0.05) is 0 Å². The minimum absolute atomic E-state index is 0.148. The molecule has 2 heterocycles. The minimum Gasteiger partial charge on any atom is -0.490 e. The van der Waals surface area contributed by atoms with Crippen LogP contribution in [0, 0.1) is 6.92 Å². The average Bonchev–Trinajstić information content (AvgIpc) is 3.40. The van der Waals surface area contributed by atoms with Gasteiger partial charge in [-0.2, -0.15) is 0 Å². The van der Waals surface area contributed by atoms with Crippen LogP contribution < -0.4 is 19.5 Å². The fourth-order valence-electron chi connectivity index (χ4n) is 3.41. The van der Waals surface area contributed by atoms with Gasteiger partial charge in [0.05, 0.1) is 31.2 Å². The molecule has 0 aliphatic heterocycles. The van der Waals surface area contributed by atoms with Gasteiger partial charge in [0.2, 0.25) is 5.75 Å². The van der Waals surface area contributed by atoms with E-state index < -0.39 is 0 Å². The molecule has 0 saturated heterocycles. The fraction of sp³-hybridized carbons (Fsp3) is 0.417. The Morgan fingerprint density at radius 3 is 2.31 bits per heavy atom. The van der Waals surface area contributed by atoms with Gasteiger partial charge in [0, 0.05) is 19.3 Å². The number of rotatable bonds is 11. The number of nitrogens with zero attached hydrogens (tertiary/aromatic N) is 2. The van der Waals surface area contributed by atoms with Crippen molar-refractivity contribution in [2.24, 2.45) is 0 Å². The van der Waals surface area contributed by atoms with Gasteiger partial charge in [0.15, 0.2) is 11.5 Å². The number of carbonyl (C=O) groups is 1. The van der Waals surface area contributed by atoms with Crippen LogP contribution in [-0.4, -0.2) is 35.3 Å². The van der Waals surface area contributed by atoms with E-state index in [1.165, 1.54) is 11.3 Å². The smallest absolute Gasteiger partial charge is 0.263 e. The molecule has 3 aromatic rings. The SMILES string of the molecule is CCOc1cc(CNC(=O)c2sc(-c3cccn3CC)nc2C)cc(OCC)c1OCC. The van der Waals surface area contributed by atoms with E-state index in [0.717, 1.165) is 28.5 Å². The second-order valence-electron chi connectivity index (χ2n) is 7.02. The van der Waals surface area contributed by atoms with Crippen molar-refractivity contribution >= 4 is 17.2 Å². The summed E-state index contributed by atoms with van der Waals surface area (Å²) in [5.41, 5.74) is 2.62. The molecule has 0 aliphatic carbocycles. The molecule has 3 rings (SSSR count). The lowest BCUT2D eigenvalue weighted by Gasteiger charge is -2.17. The quantitative estimate of drug-likeness (QED) is 0.435. The first kappa shape index (κ1) is 23.7. The van der Waals surface area contributed by atoms with E-state index >= 15 is 0 Å². The molecule has 0 bridgehead atoms. The van der Waals surface area contributed by atoms with Gasteiger partial charge in [-0.05, 0) is 64.4 Å². The van der Waals surface area contributed by atoms with Crippen molar-refractivity contribution in [3.8, 4) is 28.0 Å². The number of hydrogen-bond donors (Lipinski definition) is 1. The van der Waals surface area contributed by atoms with Crippen LogP contribution in [0.1, 0.15) is 48.6 Å². The van der Waals surface area contributed by atoms with Crippen LogP contribution in [0.5, 0.6) is 17.2 Å². The van der Waals surface area contributed by atoms with E-state index in [1.54, 1.807) is 0 Å². The first-order valence-corrected chi connectivity index (χ1v) is 11.8. The van der Waals surface area contributed by atoms with E-state index in [-0.39, 0.29) is 5.91 Å².